The highest BCUT2D eigenvalue weighted by molar-refractivity contribution is 5.22. The predicted molar refractivity (Wildman–Crippen MR) is 93.1 cm³/mol. The van der Waals surface area contributed by atoms with Crippen molar-refractivity contribution in [2.75, 3.05) is 6.61 Å². The van der Waals surface area contributed by atoms with E-state index in [1.165, 1.54) is 12.8 Å². The van der Waals surface area contributed by atoms with Crippen LogP contribution in [0.15, 0.2) is 0 Å². The molecule has 0 aromatic carbocycles. The Bertz CT molecular complexity index is 509. The van der Waals surface area contributed by atoms with Gasteiger partial charge in [0.15, 0.2) is 5.72 Å². The quantitative estimate of drug-likeness (QED) is 0.830. The normalized spacial score (nSPS) is 52.0. The van der Waals surface area contributed by atoms with Gasteiger partial charge < -0.3 is 9.84 Å². The molecule has 24 heavy (non-hydrogen) atoms. The van der Waals surface area contributed by atoms with E-state index in [9.17, 15) is 5.11 Å². The molecule has 2 heterocycles. The summed E-state index contributed by atoms with van der Waals surface area (Å²) >= 11 is 0. The van der Waals surface area contributed by atoms with Crippen molar-refractivity contribution in [2.24, 2.45) is 22.7 Å². The maximum absolute atomic E-state index is 10.2. The molecule has 7 atom stereocenters. The number of aliphatic hydroxyl groups excluding tert-OH is 1. The minimum Gasteiger partial charge on any atom is -0.396 e. The number of hydrogen-bond donors (Lipinski definition) is 1. The Morgan fingerprint density at radius 3 is 2.54 bits per heavy atom. The Balaban J connectivity index is 1.74. The summed E-state index contributed by atoms with van der Waals surface area (Å²) in [6.45, 7) is 11.8. The van der Waals surface area contributed by atoms with Crippen molar-refractivity contribution < 1.29 is 14.7 Å². The summed E-state index contributed by atoms with van der Waals surface area (Å²) in [5, 5.41) is 12.5. The van der Waals surface area contributed by atoms with Gasteiger partial charge in [-0.2, -0.15) is 5.06 Å². The topological polar surface area (TPSA) is 41.9 Å². The van der Waals surface area contributed by atoms with Crippen LogP contribution < -0.4 is 0 Å². The van der Waals surface area contributed by atoms with E-state index in [-0.39, 0.29) is 30.1 Å². The fraction of sp³-hybridized carbons (Fsp3) is 1.00. The first-order chi connectivity index (χ1) is 11.4. The van der Waals surface area contributed by atoms with Crippen LogP contribution in [-0.4, -0.2) is 40.8 Å². The van der Waals surface area contributed by atoms with Gasteiger partial charge in [0.05, 0.1) is 30.8 Å². The van der Waals surface area contributed by atoms with Gasteiger partial charge in [-0.3, -0.25) is 4.84 Å². The third kappa shape index (κ3) is 1.79. The third-order valence-corrected chi connectivity index (χ3v) is 8.35. The summed E-state index contributed by atoms with van der Waals surface area (Å²) in [6, 6.07) is 0.362. The molecular formula is C20H35NO3. The molecule has 138 valence electrons. The highest BCUT2D eigenvalue weighted by atomic mass is 16.8. The number of fused-ring (bicyclic) bond motifs is 7. The molecule has 2 saturated carbocycles. The highest BCUT2D eigenvalue weighted by Gasteiger charge is 2.77. The molecule has 2 aliphatic carbocycles. The Morgan fingerprint density at radius 2 is 1.92 bits per heavy atom. The highest BCUT2D eigenvalue weighted by Crippen LogP contribution is 2.71. The molecule has 0 spiro atoms. The second kappa shape index (κ2) is 5.42. The lowest BCUT2D eigenvalue weighted by Crippen LogP contribution is -2.50. The maximum Gasteiger partial charge on any atom is 0.152 e. The minimum absolute atomic E-state index is 0.0779. The monoisotopic (exact) mass is 337 g/mol. The average Bonchev–Trinajstić information content (AvgIpc) is 3.11. The van der Waals surface area contributed by atoms with Gasteiger partial charge in [-0.15, -0.1) is 0 Å². The van der Waals surface area contributed by atoms with Crippen molar-refractivity contribution in [3.63, 3.8) is 0 Å². The summed E-state index contributed by atoms with van der Waals surface area (Å²) in [4.78, 5) is 6.54. The molecule has 2 bridgehead atoms. The molecule has 2 saturated heterocycles. The smallest absolute Gasteiger partial charge is 0.152 e. The van der Waals surface area contributed by atoms with E-state index in [0.717, 1.165) is 25.7 Å². The minimum atomic E-state index is -0.404. The fourth-order valence-corrected chi connectivity index (χ4v) is 6.70. The maximum atomic E-state index is 10.2. The number of nitrogens with zero attached hydrogens (tertiary/aromatic N) is 1. The van der Waals surface area contributed by atoms with Gasteiger partial charge in [0.2, 0.25) is 0 Å². The van der Waals surface area contributed by atoms with Crippen molar-refractivity contribution in [3.8, 4) is 0 Å². The van der Waals surface area contributed by atoms with Crippen LogP contribution in [0.25, 0.3) is 0 Å². The lowest BCUT2D eigenvalue weighted by Gasteiger charge is -2.42. The van der Waals surface area contributed by atoms with Crippen LogP contribution in [0.1, 0.15) is 73.1 Å². The lowest BCUT2D eigenvalue weighted by molar-refractivity contribution is -0.244. The molecule has 1 N–H and O–H groups in total. The van der Waals surface area contributed by atoms with Crippen LogP contribution in [0, 0.1) is 22.7 Å². The molecule has 0 amide bonds. The Labute approximate surface area is 146 Å². The van der Waals surface area contributed by atoms with Crippen molar-refractivity contribution in [2.45, 2.75) is 97.1 Å². The molecule has 4 fully saturated rings. The van der Waals surface area contributed by atoms with Crippen molar-refractivity contribution in [1.29, 1.82) is 0 Å². The standard InChI is InChI=1S/C20H35NO3/c1-6-8-15-14(12-22)20(10-7-2)21(24-15)16-13-9-11-19(5,17(16)23-20)18(13,3)4/h13-17,22H,6-12H2,1-5H3/t13-,14+,15+,16-,17-,19+,20+/m1/s1. The first kappa shape index (κ1) is 17.3. The van der Waals surface area contributed by atoms with Gasteiger partial charge in [-0.1, -0.05) is 47.5 Å². The van der Waals surface area contributed by atoms with E-state index in [1.54, 1.807) is 0 Å². The molecule has 4 rings (SSSR count). The van der Waals surface area contributed by atoms with E-state index in [2.05, 4.69) is 39.7 Å². The van der Waals surface area contributed by atoms with Crippen LogP contribution in [-0.2, 0) is 9.57 Å². The first-order valence-electron chi connectivity index (χ1n) is 10.1. The van der Waals surface area contributed by atoms with E-state index in [1.807, 2.05) is 0 Å². The molecule has 0 aromatic heterocycles. The van der Waals surface area contributed by atoms with Gasteiger partial charge in [-0.05, 0) is 37.0 Å². The largest absolute Gasteiger partial charge is 0.396 e. The second-order valence-corrected chi connectivity index (χ2v) is 9.46. The SMILES string of the molecule is CCC[C@@H]1ON2[C@@H]3[C@H]4CC[C@@](C)([C@@H]3O[C@@]2(CCC)[C@H]1CO)C4(C)C. The Morgan fingerprint density at radius 1 is 1.17 bits per heavy atom. The van der Waals surface area contributed by atoms with E-state index >= 15 is 0 Å². The molecule has 0 radical (unpaired) electrons. The van der Waals surface area contributed by atoms with Crippen molar-refractivity contribution >= 4 is 0 Å². The van der Waals surface area contributed by atoms with E-state index < -0.39 is 5.72 Å². The number of rotatable bonds is 5. The Hall–Kier alpha value is -0.160. The van der Waals surface area contributed by atoms with Gasteiger partial charge >= 0.3 is 0 Å². The van der Waals surface area contributed by atoms with Crippen molar-refractivity contribution in [1.82, 2.24) is 5.06 Å². The summed E-state index contributed by atoms with van der Waals surface area (Å²) in [5.74, 6) is 0.708. The van der Waals surface area contributed by atoms with E-state index in [0.29, 0.717) is 17.4 Å². The average molecular weight is 338 g/mol. The zero-order valence-electron chi connectivity index (χ0n) is 16.0. The zero-order valence-corrected chi connectivity index (χ0v) is 16.0. The number of hydrogen-bond acceptors (Lipinski definition) is 4. The molecule has 4 nitrogen and oxygen atoms in total. The molecule has 4 heteroatoms. The van der Waals surface area contributed by atoms with Crippen LogP contribution in [0.3, 0.4) is 0 Å². The molecular weight excluding hydrogens is 302 g/mol. The van der Waals surface area contributed by atoms with Crippen LogP contribution in [0.2, 0.25) is 0 Å². The lowest BCUT2D eigenvalue weighted by atomic mass is 9.70. The molecule has 0 aromatic rings. The second-order valence-electron chi connectivity index (χ2n) is 9.46. The van der Waals surface area contributed by atoms with Gasteiger partial charge in [0, 0.05) is 5.41 Å². The van der Waals surface area contributed by atoms with Gasteiger partial charge in [0.25, 0.3) is 0 Å². The third-order valence-electron chi connectivity index (χ3n) is 8.35. The van der Waals surface area contributed by atoms with Crippen LogP contribution in [0.5, 0.6) is 0 Å². The molecule has 2 aliphatic heterocycles. The van der Waals surface area contributed by atoms with Gasteiger partial charge in [-0.25, -0.2) is 0 Å². The molecule has 0 unspecified atom stereocenters. The van der Waals surface area contributed by atoms with E-state index in [4.69, 9.17) is 9.57 Å². The van der Waals surface area contributed by atoms with Gasteiger partial charge in [0.1, 0.15) is 0 Å². The van der Waals surface area contributed by atoms with Crippen LogP contribution >= 0.6 is 0 Å². The number of ether oxygens (including phenoxy) is 1. The summed E-state index contributed by atoms with van der Waals surface area (Å²) in [5.41, 5.74) is 0.109. The zero-order chi connectivity index (χ0) is 17.3. The fourth-order valence-electron chi connectivity index (χ4n) is 6.70. The van der Waals surface area contributed by atoms with Crippen molar-refractivity contribution in [3.05, 3.63) is 0 Å². The number of hydroxylamine groups is 2. The predicted octanol–water partition coefficient (Wildman–Crippen LogP) is 3.73. The summed E-state index contributed by atoms with van der Waals surface area (Å²) in [7, 11) is 0. The molecule has 4 aliphatic rings. The summed E-state index contributed by atoms with van der Waals surface area (Å²) in [6.07, 6.45) is 6.96. The summed E-state index contributed by atoms with van der Waals surface area (Å²) < 4.78 is 6.93. The van der Waals surface area contributed by atoms with Crippen LogP contribution in [0.4, 0.5) is 0 Å². The Kier molecular flexibility index (Phi) is 3.90. The number of aliphatic hydroxyl groups is 1. The first-order valence-corrected chi connectivity index (χ1v) is 10.1.